The van der Waals surface area contributed by atoms with Gasteiger partial charge in [-0.05, 0) is 30.3 Å². The maximum Gasteiger partial charge on any atom is 0.340 e. The fraction of sp³-hybridized carbons (Fsp3) is 0.167. The number of para-hydroxylation sites is 1. The van der Waals surface area contributed by atoms with Crippen molar-refractivity contribution in [1.82, 2.24) is 0 Å². The molecule has 0 radical (unpaired) electrons. The molecule has 0 fully saturated rings. The average molecular weight is 379 g/mol. The zero-order valence-corrected chi connectivity index (χ0v) is 14.4. The molecule has 0 aromatic heterocycles. The van der Waals surface area contributed by atoms with Crippen molar-refractivity contribution in [3.8, 4) is 0 Å². The topological polar surface area (TPSA) is 89.7 Å². The standard InChI is InChI=1S/C18H16ClFN2O4/c19-15-10-12(20)6-7-14(15)18(25)26-11-17(24)22(9-8-16(21)23)13-4-2-1-3-5-13/h1-7,10H,8-9,11H2,(H2,21,23). The highest BCUT2D eigenvalue weighted by Gasteiger charge is 2.20. The van der Waals surface area contributed by atoms with E-state index in [0.717, 1.165) is 12.1 Å². The van der Waals surface area contributed by atoms with Gasteiger partial charge in [0.05, 0.1) is 10.6 Å². The summed E-state index contributed by atoms with van der Waals surface area (Å²) < 4.78 is 18.0. The van der Waals surface area contributed by atoms with E-state index in [1.54, 1.807) is 30.3 Å². The molecule has 0 aliphatic rings. The lowest BCUT2D eigenvalue weighted by atomic mass is 10.2. The first-order valence-electron chi connectivity index (χ1n) is 7.64. The smallest absolute Gasteiger partial charge is 0.340 e. The van der Waals surface area contributed by atoms with Crippen LogP contribution in [-0.2, 0) is 14.3 Å². The van der Waals surface area contributed by atoms with Gasteiger partial charge in [0.1, 0.15) is 5.82 Å². The van der Waals surface area contributed by atoms with Crippen molar-refractivity contribution in [2.24, 2.45) is 5.73 Å². The van der Waals surface area contributed by atoms with Crippen LogP contribution in [0.2, 0.25) is 5.02 Å². The third-order valence-corrected chi connectivity index (χ3v) is 3.74. The summed E-state index contributed by atoms with van der Waals surface area (Å²) in [5, 5.41) is -0.115. The minimum Gasteiger partial charge on any atom is -0.452 e. The SMILES string of the molecule is NC(=O)CCN(C(=O)COC(=O)c1ccc(F)cc1Cl)c1ccccc1. The van der Waals surface area contributed by atoms with E-state index in [1.165, 1.54) is 11.0 Å². The van der Waals surface area contributed by atoms with E-state index < -0.39 is 30.2 Å². The van der Waals surface area contributed by atoms with Gasteiger partial charge in [0.25, 0.3) is 5.91 Å². The van der Waals surface area contributed by atoms with E-state index in [2.05, 4.69) is 0 Å². The molecule has 0 unspecified atom stereocenters. The van der Waals surface area contributed by atoms with Gasteiger partial charge >= 0.3 is 5.97 Å². The molecule has 0 heterocycles. The number of carbonyl (C=O) groups is 3. The van der Waals surface area contributed by atoms with Crippen molar-refractivity contribution in [3.05, 3.63) is 64.9 Å². The Kier molecular flexibility index (Phi) is 6.68. The molecule has 0 aliphatic carbocycles. The Hall–Kier alpha value is -2.93. The largest absolute Gasteiger partial charge is 0.452 e. The number of nitrogens with zero attached hydrogens (tertiary/aromatic N) is 1. The van der Waals surface area contributed by atoms with Crippen molar-refractivity contribution in [3.63, 3.8) is 0 Å². The minimum atomic E-state index is -0.855. The number of hydrogen-bond acceptors (Lipinski definition) is 4. The van der Waals surface area contributed by atoms with Gasteiger partial charge in [-0.15, -0.1) is 0 Å². The molecule has 26 heavy (non-hydrogen) atoms. The van der Waals surface area contributed by atoms with Crippen LogP contribution in [0.5, 0.6) is 0 Å². The van der Waals surface area contributed by atoms with Crippen LogP contribution >= 0.6 is 11.6 Å². The number of hydrogen-bond donors (Lipinski definition) is 1. The number of nitrogens with two attached hydrogens (primary N) is 1. The Morgan fingerprint density at radius 1 is 1.12 bits per heavy atom. The Morgan fingerprint density at radius 2 is 1.81 bits per heavy atom. The summed E-state index contributed by atoms with van der Waals surface area (Å²) in [6, 6.07) is 11.8. The van der Waals surface area contributed by atoms with Crippen molar-refractivity contribution < 1.29 is 23.5 Å². The second kappa shape index (κ2) is 8.96. The van der Waals surface area contributed by atoms with E-state index in [4.69, 9.17) is 22.1 Å². The fourth-order valence-corrected chi connectivity index (χ4v) is 2.41. The normalized spacial score (nSPS) is 10.2. The van der Waals surface area contributed by atoms with Gasteiger partial charge in [0.2, 0.25) is 5.91 Å². The molecule has 2 aromatic carbocycles. The molecule has 0 saturated heterocycles. The number of ether oxygens (including phenoxy) is 1. The molecule has 8 heteroatoms. The lowest BCUT2D eigenvalue weighted by molar-refractivity contribution is -0.121. The van der Waals surface area contributed by atoms with Crippen LogP contribution in [0.15, 0.2) is 48.5 Å². The molecular weight excluding hydrogens is 363 g/mol. The van der Waals surface area contributed by atoms with Crippen LogP contribution in [0.4, 0.5) is 10.1 Å². The minimum absolute atomic E-state index is 0.0433. The molecule has 0 spiro atoms. The predicted octanol–water partition coefficient (Wildman–Crippen LogP) is 2.54. The molecule has 0 atom stereocenters. The van der Waals surface area contributed by atoms with Crippen LogP contribution in [-0.4, -0.2) is 30.9 Å². The van der Waals surface area contributed by atoms with Gasteiger partial charge in [-0.1, -0.05) is 29.8 Å². The summed E-state index contributed by atoms with van der Waals surface area (Å²) in [5.41, 5.74) is 5.62. The molecule has 136 valence electrons. The molecule has 2 N–H and O–H groups in total. The molecule has 0 saturated carbocycles. The lowest BCUT2D eigenvalue weighted by Gasteiger charge is -2.22. The zero-order chi connectivity index (χ0) is 19.1. The molecule has 0 bridgehead atoms. The first-order valence-corrected chi connectivity index (χ1v) is 8.02. The third-order valence-electron chi connectivity index (χ3n) is 3.43. The van der Waals surface area contributed by atoms with Crippen molar-refractivity contribution in [2.45, 2.75) is 6.42 Å². The highest BCUT2D eigenvalue weighted by molar-refractivity contribution is 6.33. The van der Waals surface area contributed by atoms with Gasteiger partial charge in [0, 0.05) is 18.7 Å². The van der Waals surface area contributed by atoms with E-state index in [9.17, 15) is 18.8 Å². The number of rotatable bonds is 7. The zero-order valence-electron chi connectivity index (χ0n) is 13.7. The number of halogens is 2. The van der Waals surface area contributed by atoms with E-state index >= 15 is 0 Å². The molecular formula is C18H16ClFN2O4. The summed E-state index contributed by atoms with van der Waals surface area (Å²) in [6.07, 6.45) is -0.0433. The van der Waals surface area contributed by atoms with Crippen LogP contribution in [0, 0.1) is 5.82 Å². The van der Waals surface area contributed by atoms with Crippen molar-refractivity contribution in [2.75, 3.05) is 18.1 Å². The Bertz CT molecular complexity index is 814. The number of primary amides is 1. The molecule has 6 nitrogen and oxygen atoms in total. The average Bonchev–Trinajstić information content (AvgIpc) is 2.60. The van der Waals surface area contributed by atoms with E-state index in [1.807, 2.05) is 0 Å². The molecule has 0 aliphatic heterocycles. The predicted molar refractivity (Wildman–Crippen MR) is 94.3 cm³/mol. The number of anilines is 1. The van der Waals surface area contributed by atoms with Gasteiger partial charge in [-0.3, -0.25) is 9.59 Å². The van der Waals surface area contributed by atoms with Crippen molar-refractivity contribution >= 4 is 35.1 Å². The van der Waals surface area contributed by atoms with Crippen LogP contribution in [0.25, 0.3) is 0 Å². The number of esters is 1. The second-order valence-corrected chi connectivity index (χ2v) is 5.70. The molecule has 2 rings (SSSR count). The summed E-state index contributed by atoms with van der Waals surface area (Å²) >= 11 is 5.80. The quantitative estimate of drug-likeness (QED) is 0.750. The van der Waals surface area contributed by atoms with Crippen molar-refractivity contribution in [1.29, 1.82) is 0 Å². The van der Waals surface area contributed by atoms with Crippen LogP contribution < -0.4 is 10.6 Å². The number of benzene rings is 2. The molecule has 2 aromatic rings. The van der Waals surface area contributed by atoms with Crippen LogP contribution in [0.3, 0.4) is 0 Å². The fourth-order valence-electron chi connectivity index (χ4n) is 2.17. The van der Waals surface area contributed by atoms with Crippen LogP contribution in [0.1, 0.15) is 16.8 Å². The highest BCUT2D eigenvalue weighted by Crippen LogP contribution is 2.19. The first-order chi connectivity index (χ1) is 12.4. The van der Waals surface area contributed by atoms with Gasteiger partial charge < -0.3 is 15.4 Å². The maximum atomic E-state index is 13.0. The Morgan fingerprint density at radius 3 is 2.42 bits per heavy atom. The third kappa shape index (κ3) is 5.29. The Labute approximate surface area is 154 Å². The number of carbonyl (C=O) groups excluding carboxylic acids is 3. The summed E-state index contributed by atoms with van der Waals surface area (Å²) in [5.74, 6) is -2.55. The monoisotopic (exact) mass is 378 g/mol. The lowest BCUT2D eigenvalue weighted by Crippen LogP contribution is -2.37. The van der Waals surface area contributed by atoms with Gasteiger partial charge in [0.15, 0.2) is 6.61 Å². The second-order valence-electron chi connectivity index (χ2n) is 5.30. The Balaban J connectivity index is 2.06. The summed E-state index contributed by atoms with van der Waals surface area (Å²) in [6.45, 7) is -0.521. The van der Waals surface area contributed by atoms with Gasteiger partial charge in [-0.25, -0.2) is 9.18 Å². The summed E-state index contributed by atoms with van der Waals surface area (Å²) in [4.78, 5) is 36.8. The van der Waals surface area contributed by atoms with E-state index in [-0.39, 0.29) is 23.6 Å². The van der Waals surface area contributed by atoms with Gasteiger partial charge in [-0.2, -0.15) is 0 Å². The highest BCUT2D eigenvalue weighted by atomic mass is 35.5. The molecule has 2 amide bonds. The van der Waals surface area contributed by atoms with E-state index in [0.29, 0.717) is 5.69 Å². The first kappa shape index (κ1) is 19.4. The maximum absolute atomic E-state index is 13.0. The summed E-state index contributed by atoms with van der Waals surface area (Å²) in [7, 11) is 0. The number of amides is 2.